The largest absolute Gasteiger partial charge is 0.343 e. The van der Waals surface area contributed by atoms with Gasteiger partial charge in [-0.1, -0.05) is 18.2 Å². The van der Waals surface area contributed by atoms with Crippen molar-refractivity contribution in [3.63, 3.8) is 0 Å². The summed E-state index contributed by atoms with van der Waals surface area (Å²) in [6.45, 7) is 5.04. The highest BCUT2D eigenvalue weighted by Gasteiger charge is 2.05. The van der Waals surface area contributed by atoms with Crippen LogP contribution in [0.5, 0.6) is 0 Å². The van der Waals surface area contributed by atoms with E-state index in [0.29, 0.717) is 0 Å². The predicted octanol–water partition coefficient (Wildman–Crippen LogP) is 4.18. The average molecular weight is 260 g/mol. The molecule has 0 unspecified atom stereocenters. The van der Waals surface area contributed by atoms with Gasteiger partial charge in [-0.05, 0) is 54.8 Å². The molecule has 0 aliphatic heterocycles. The lowest BCUT2D eigenvalue weighted by molar-refractivity contribution is 0.830. The molecule has 0 saturated heterocycles. The number of aromatic nitrogens is 1. The molecule has 0 amide bonds. The number of nitrogens with zero attached hydrogens (tertiary/aromatic N) is 2. The summed E-state index contributed by atoms with van der Waals surface area (Å²) in [5, 5.41) is 10.2. The molecule has 1 aromatic heterocycles. The Kier molecular flexibility index (Phi) is 3.04. The number of hydrogen-bond donors (Lipinski definition) is 0. The van der Waals surface area contributed by atoms with Crippen molar-refractivity contribution in [2.45, 2.75) is 20.4 Å². The first-order valence-corrected chi connectivity index (χ1v) is 6.73. The Morgan fingerprint density at radius 2 is 1.90 bits per heavy atom. The second-order valence-electron chi connectivity index (χ2n) is 5.20. The molecule has 0 fully saturated rings. The molecule has 0 aliphatic carbocycles. The van der Waals surface area contributed by atoms with Crippen LogP contribution < -0.4 is 0 Å². The highest BCUT2D eigenvalue weighted by Crippen LogP contribution is 2.21. The van der Waals surface area contributed by atoms with Gasteiger partial charge in [-0.2, -0.15) is 5.26 Å². The third-order valence-corrected chi connectivity index (χ3v) is 3.84. The second kappa shape index (κ2) is 4.86. The predicted molar refractivity (Wildman–Crippen MR) is 81.7 cm³/mol. The number of rotatable bonds is 2. The monoisotopic (exact) mass is 260 g/mol. The van der Waals surface area contributed by atoms with Gasteiger partial charge in [-0.15, -0.1) is 0 Å². The molecular weight excluding hydrogens is 244 g/mol. The zero-order chi connectivity index (χ0) is 14.1. The van der Waals surface area contributed by atoms with Gasteiger partial charge in [0.25, 0.3) is 0 Å². The van der Waals surface area contributed by atoms with Crippen molar-refractivity contribution in [3.8, 4) is 6.07 Å². The van der Waals surface area contributed by atoms with Crippen LogP contribution in [0.25, 0.3) is 10.9 Å². The molecule has 0 atom stereocenters. The minimum absolute atomic E-state index is 0.722. The molecule has 20 heavy (non-hydrogen) atoms. The maximum atomic E-state index is 8.93. The Labute approximate surface area is 118 Å². The second-order valence-corrected chi connectivity index (χ2v) is 5.20. The fourth-order valence-corrected chi connectivity index (χ4v) is 2.64. The fraction of sp³-hybridized carbons (Fsp3) is 0.167. The molecular formula is C18H16N2. The Balaban J connectivity index is 2.02. The molecule has 0 saturated carbocycles. The van der Waals surface area contributed by atoms with Crippen molar-refractivity contribution in [3.05, 3.63) is 70.9 Å². The number of hydrogen-bond acceptors (Lipinski definition) is 1. The lowest BCUT2D eigenvalue weighted by Gasteiger charge is -2.09. The molecule has 0 radical (unpaired) electrons. The van der Waals surface area contributed by atoms with Gasteiger partial charge < -0.3 is 4.57 Å². The fourth-order valence-electron chi connectivity index (χ4n) is 2.64. The van der Waals surface area contributed by atoms with Crippen LogP contribution in [0, 0.1) is 25.2 Å². The van der Waals surface area contributed by atoms with Crippen LogP contribution in [0.2, 0.25) is 0 Å². The highest BCUT2D eigenvalue weighted by atomic mass is 14.9. The van der Waals surface area contributed by atoms with Gasteiger partial charge in [0.2, 0.25) is 0 Å². The molecule has 1 heterocycles. The molecule has 3 aromatic rings. The van der Waals surface area contributed by atoms with E-state index >= 15 is 0 Å². The SMILES string of the molecule is Cc1cc(C#N)ccc1Cn1ccc2c(C)cccc21. The number of benzene rings is 2. The van der Waals surface area contributed by atoms with E-state index in [2.05, 4.69) is 61.0 Å². The summed E-state index contributed by atoms with van der Waals surface area (Å²) in [4.78, 5) is 0. The normalized spacial score (nSPS) is 10.7. The standard InChI is InChI=1S/C18H16N2/c1-13-4-3-5-18-17(13)8-9-20(18)12-16-7-6-15(11-19)10-14(16)2/h3-10H,12H2,1-2H3. The van der Waals surface area contributed by atoms with E-state index in [1.807, 2.05) is 12.1 Å². The quantitative estimate of drug-likeness (QED) is 0.679. The van der Waals surface area contributed by atoms with Crippen LogP contribution in [0.3, 0.4) is 0 Å². The van der Waals surface area contributed by atoms with Crippen molar-refractivity contribution in [1.82, 2.24) is 4.57 Å². The van der Waals surface area contributed by atoms with Crippen molar-refractivity contribution in [2.75, 3.05) is 0 Å². The summed E-state index contributed by atoms with van der Waals surface area (Å²) < 4.78 is 2.26. The topological polar surface area (TPSA) is 28.7 Å². The van der Waals surface area contributed by atoms with E-state index in [4.69, 9.17) is 5.26 Å². The zero-order valence-electron chi connectivity index (χ0n) is 11.7. The Hall–Kier alpha value is -2.53. The van der Waals surface area contributed by atoms with Crippen molar-refractivity contribution < 1.29 is 0 Å². The summed E-state index contributed by atoms with van der Waals surface area (Å²) in [7, 11) is 0. The van der Waals surface area contributed by atoms with Gasteiger partial charge in [0.15, 0.2) is 0 Å². The maximum Gasteiger partial charge on any atom is 0.0991 e. The van der Waals surface area contributed by atoms with Crippen molar-refractivity contribution in [2.24, 2.45) is 0 Å². The van der Waals surface area contributed by atoms with Gasteiger partial charge >= 0.3 is 0 Å². The van der Waals surface area contributed by atoms with Crippen LogP contribution in [-0.2, 0) is 6.54 Å². The van der Waals surface area contributed by atoms with Crippen LogP contribution in [0.4, 0.5) is 0 Å². The Morgan fingerprint density at radius 1 is 1.05 bits per heavy atom. The molecule has 3 rings (SSSR count). The summed E-state index contributed by atoms with van der Waals surface area (Å²) in [5.41, 5.74) is 5.70. The lowest BCUT2D eigenvalue weighted by Crippen LogP contribution is -2.00. The van der Waals surface area contributed by atoms with Crippen LogP contribution in [0.1, 0.15) is 22.3 Å². The first-order chi connectivity index (χ1) is 9.69. The Bertz CT molecular complexity index is 819. The van der Waals surface area contributed by atoms with Crippen LogP contribution in [0.15, 0.2) is 48.7 Å². The third-order valence-electron chi connectivity index (χ3n) is 3.84. The lowest BCUT2D eigenvalue weighted by atomic mass is 10.1. The molecule has 98 valence electrons. The summed E-state index contributed by atoms with van der Waals surface area (Å²) >= 11 is 0. The van der Waals surface area contributed by atoms with Crippen molar-refractivity contribution in [1.29, 1.82) is 5.26 Å². The van der Waals surface area contributed by atoms with E-state index in [1.165, 1.54) is 27.6 Å². The van der Waals surface area contributed by atoms with Gasteiger partial charge in [0.1, 0.15) is 0 Å². The van der Waals surface area contributed by atoms with Gasteiger partial charge in [-0.25, -0.2) is 0 Å². The molecule has 2 heteroatoms. The molecule has 0 spiro atoms. The maximum absolute atomic E-state index is 8.93. The minimum Gasteiger partial charge on any atom is -0.343 e. The first kappa shape index (κ1) is 12.5. The van der Waals surface area contributed by atoms with Gasteiger partial charge in [0, 0.05) is 23.6 Å². The molecule has 2 aromatic carbocycles. The summed E-state index contributed by atoms with van der Waals surface area (Å²) in [6, 6.07) is 16.6. The summed E-state index contributed by atoms with van der Waals surface area (Å²) in [6.07, 6.45) is 2.13. The average Bonchev–Trinajstić information content (AvgIpc) is 2.86. The van der Waals surface area contributed by atoms with E-state index < -0.39 is 0 Å². The molecule has 2 nitrogen and oxygen atoms in total. The van der Waals surface area contributed by atoms with Gasteiger partial charge in [-0.3, -0.25) is 0 Å². The minimum atomic E-state index is 0.722. The number of aryl methyl sites for hydroxylation is 2. The van der Waals surface area contributed by atoms with E-state index in [0.717, 1.165) is 12.1 Å². The van der Waals surface area contributed by atoms with Gasteiger partial charge in [0.05, 0.1) is 11.6 Å². The summed E-state index contributed by atoms with van der Waals surface area (Å²) in [5.74, 6) is 0. The number of nitriles is 1. The van der Waals surface area contributed by atoms with Crippen molar-refractivity contribution >= 4 is 10.9 Å². The van der Waals surface area contributed by atoms with Crippen LogP contribution in [-0.4, -0.2) is 4.57 Å². The zero-order valence-corrected chi connectivity index (χ0v) is 11.7. The molecule has 0 aliphatic rings. The van der Waals surface area contributed by atoms with E-state index in [9.17, 15) is 0 Å². The molecule has 0 N–H and O–H groups in total. The van der Waals surface area contributed by atoms with E-state index in [-0.39, 0.29) is 0 Å². The van der Waals surface area contributed by atoms with Crippen LogP contribution >= 0.6 is 0 Å². The Morgan fingerprint density at radius 3 is 2.65 bits per heavy atom. The smallest absolute Gasteiger partial charge is 0.0991 e. The first-order valence-electron chi connectivity index (χ1n) is 6.73. The number of fused-ring (bicyclic) bond motifs is 1. The third kappa shape index (κ3) is 2.08. The van der Waals surface area contributed by atoms with E-state index in [1.54, 1.807) is 0 Å². The highest BCUT2D eigenvalue weighted by molar-refractivity contribution is 5.83. The molecule has 0 bridgehead atoms.